The van der Waals surface area contributed by atoms with Crippen LogP contribution in [0.1, 0.15) is 35.7 Å². The van der Waals surface area contributed by atoms with Crippen LogP contribution >= 0.6 is 0 Å². The summed E-state index contributed by atoms with van der Waals surface area (Å²) in [5.74, 6) is 1.93. The Morgan fingerprint density at radius 3 is 2.70 bits per heavy atom. The third-order valence-electron chi connectivity index (χ3n) is 5.53. The smallest absolute Gasteiger partial charge is 0.246 e. The predicted molar refractivity (Wildman–Crippen MR) is 113 cm³/mol. The van der Waals surface area contributed by atoms with Gasteiger partial charge < -0.3 is 19.1 Å². The van der Waals surface area contributed by atoms with Gasteiger partial charge in [-0.1, -0.05) is 12.1 Å². The molecule has 0 saturated carbocycles. The lowest BCUT2D eigenvalue weighted by Crippen LogP contribution is -2.45. The van der Waals surface area contributed by atoms with Crippen LogP contribution < -0.4 is 14.2 Å². The summed E-state index contributed by atoms with van der Waals surface area (Å²) in [5, 5.41) is 0. The number of amides is 1. The van der Waals surface area contributed by atoms with E-state index in [9.17, 15) is 9.59 Å². The van der Waals surface area contributed by atoms with E-state index in [0.717, 1.165) is 11.3 Å². The summed E-state index contributed by atoms with van der Waals surface area (Å²) in [6.07, 6.45) is 4.25. The van der Waals surface area contributed by atoms with Gasteiger partial charge in [-0.25, -0.2) is 0 Å². The third kappa shape index (κ3) is 4.03. The van der Waals surface area contributed by atoms with E-state index in [0.29, 0.717) is 43.2 Å². The molecule has 6 nitrogen and oxygen atoms in total. The second-order valence-electron chi connectivity index (χ2n) is 7.59. The van der Waals surface area contributed by atoms with Crippen molar-refractivity contribution in [3.8, 4) is 17.2 Å². The van der Waals surface area contributed by atoms with E-state index < -0.39 is 5.60 Å². The highest BCUT2D eigenvalue weighted by atomic mass is 16.5. The normalized spacial score (nSPS) is 20.3. The molecule has 1 atom stereocenters. The molecule has 1 unspecified atom stereocenters. The minimum absolute atomic E-state index is 0.0226. The number of benzene rings is 2. The summed E-state index contributed by atoms with van der Waals surface area (Å²) in [6, 6.07) is 12.8. The minimum Gasteiger partial charge on any atom is -0.497 e. The van der Waals surface area contributed by atoms with Crippen LogP contribution in [0, 0.1) is 0 Å². The van der Waals surface area contributed by atoms with Gasteiger partial charge in [-0.15, -0.1) is 0 Å². The molecular weight excluding hydrogens is 382 g/mol. The van der Waals surface area contributed by atoms with Crippen LogP contribution in [0.3, 0.4) is 0 Å². The van der Waals surface area contributed by atoms with Gasteiger partial charge in [-0.3, -0.25) is 9.59 Å². The Balaban J connectivity index is 1.42. The van der Waals surface area contributed by atoms with Gasteiger partial charge in [0, 0.05) is 19.0 Å². The zero-order chi connectivity index (χ0) is 21.1. The fraction of sp³-hybridized carbons (Fsp3) is 0.333. The van der Waals surface area contributed by atoms with E-state index >= 15 is 0 Å². The summed E-state index contributed by atoms with van der Waals surface area (Å²) < 4.78 is 16.9. The maximum absolute atomic E-state index is 12.7. The molecule has 0 N–H and O–H groups in total. The lowest BCUT2D eigenvalue weighted by Gasteiger charge is -2.34. The fourth-order valence-electron chi connectivity index (χ4n) is 3.98. The van der Waals surface area contributed by atoms with E-state index in [1.807, 2.05) is 31.2 Å². The molecule has 1 spiro atoms. The maximum Gasteiger partial charge on any atom is 0.246 e. The predicted octanol–water partition coefficient (Wildman–Crippen LogP) is 3.74. The number of carbonyl (C=O) groups excluding carboxylic acids is 2. The largest absolute Gasteiger partial charge is 0.497 e. The Kier molecular flexibility index (Phi) is 5.48. The van der Waals surface area contributed by atoms with Crippen LogP contribution in [0.4, 0.5) is 0 Å². The lowest BCUT2D eigenvalue weighted by molar-refractivity contribution is -0.125. The first-order valence-corrected chi connectivity index (χ1v) is 10.1. The molecule has 1 fully saturated rings. The van der Waals surface area contributed by atoms with E-state index in [2.05, 4.69) is 0 Å². The average molecular weight is 407 g/mol. The van der Waals surface area contributed by atoms with Gasteiger partial charge in [0.25, 0.3) is 0 Å². The Labute approximate surface area is 176 Å². The Morgan fingerprint density at radius 2 is 1.97 bits per heavy atom. The van der Waals surface area contributed by atoms with Crippen molar-refractivity contribution in [2.45, 2.75) is 25.4 Å². The van der Waals surface area contributed by atoms with Crippen molar-refractivity contribution >= 4 is 17.8 Å². The van der Waals surface area contributed by atoms with Crippen molar-refractivity contribution in [1.29, 1.82) is 0 Å². The number of ketones is 1. The quantitative estimate of drug-likeness (QED) is 0.707. The molecule has 0 aliphatic carbocycles. The van der Waals surface area contributed by atoms with E-state index in [1.165, 1.54) is 0 Å². The molecule has 2 aromatic carbocycles. The Morgan fingerprint density at radius 1 is 1.20 bits per heavy atom. The fourth-order valence-corrected chi connectivity index (χ4v) is 3.98. The van der Waals surface area contributed by atoms with Crippen molar-refractivity contribution in [1.82, 2.24) is 4.90 Å². The van der Waals surface area contributed by atoms with Crippen LogP contribution in [0.2, 0.25) is 0 Å². The number of carbonyl (C=O) groups is 2. The van der Waals surface area contributed by atoms with Gasteiger partial charge in [0.05, 0.1) is 32.2 Å². The average Bonchev–Trinajstić information content (AvgIpc) is 3.16. The van der Waals surface area contributed by atoms with Crippen LogP contribution in [-0.4, -0.2) is 49.0 Å². The summed E-state index contributed by atoms with van der Waals surface area (Å²) in [7, 11) is 1.57. The number of ether oxygens (including phenoxy) is 3. The SMILES string of the molecule is CCOc1ccc(/C=C/C(=O)N2CCC3(CC(=O)c4cc(OC)ccc4O3)C2)cc1. The zero-order valence-corrected chi connectivity index (χ0v) is 17.2. The van der Waals surface area contributed by atoms with Crippen molar-refractivity contribution in [3.05, 3.63) is 59.7 Å². The molecule has 2 aliphatic heterocycles. The summed E-state index contributed by atoms with van der Waals surface area (Å²) >= 11 is 0. The monoisotopic (exact) mass is 407 g/mol. The third-order valence-corrected chi connectivity index (χ3v) is 5.53. The van der Waals surface area contributed by atoms with Gasteiger partial charge in [-0.05, 0) is 48.9 Å². The van der Waals surface area contributed by atoms with Gasteiger partial charge in [0.1, 0.15) is 22.8 Å². The first kappa shape index (κ1) is 20.0. The number of nitrogens with zero attached hydrogens (tertiary/aromatic N) is 1. The standard InChI is InChI=1S/C24H25NO5/c1-3-29-18-7-4-17(5-8-18)6-11-23(27)25-13-12-24(16-25)15-21(26)20-14-19(28-2)9-10-22(20)30-24/h4-11,14H,3,12-13,15-16H2,1-2H3/b11-6+. The van der Waals surface area contributed by atoms with Crippen LogP contribution in [0.15, 0.2) is 48.5 Å². The van der Waals surface area contributed by atoms with Gasteiger partial charge >= 0.3 is 0 Å². The molecule has 1 amide bonds. The van der Waals surface area contributed by atoms with Crippen LogP contribution in [0.5, 0.6) is 17.2 Å². The van der Waals surface area contributed by atoms with Crippen LogP contribution in [0.25, 0.3) is 6.08 Å². The maximum atomic E-state index is 12.7. The number of hydrogen-bond acceptors (Lipinski definition) is 5. The highest BCUT2D eigenvalue weighted by Gasteiger charge is 2.46. The number of methoxy groups -OCH3 is 1. The Hall–Kier alpha value is -3.28. The topological polar surface area (TPSA) is 65.1 Å². The minimum atomic E-state index is -0.651. The number of rotatable bonds is 5. The van der Waals surface area contributed by atoms with Crippen molar-refractivity contribution in [3.63, 3.8) is 0 Å². The molecule has 2 heterocycles. The number of Topliss-reactive ketones (excluding diaryl/α,β-unsaturated/α-hetero) is 1. The molecule has 0 aromatic heterocycles. The van der Waals surface area contributed by atoms with Crippen LogP contribution in [-0.2, 0) is 4.79 Å². The summed E-state index contributed by atoms with van der Waals surface area (Å²) in [6.45, 7) is 3.52. The number of fused-ring (bicyclic) bond motifs is 1. The molecule has 156 valence electrons. The first-order valence-electron chi connectivity index (χ1n) is 10.1. The van der Waals surface area contributed by atoms with Gasteiger partial charge in [0.15, 0.2) is 5.78 Å². The lowest BCUT2D eigenvalue weighted by atomic mass is 9.89. The van der Waals surface area contributed by atoms with E-state index in [1.54, 1.807) is 42.4 Å². The molecule has 0 radical (unpaired) electrons. The Bertz CT molecular complexity index is 982. The molecule has 2 aliphatic rings. The molecule has 30 heavy (non-hydrogen) atoms. The molecular formula is C24H25NO5. The number of likely N-dealkylation sites (tertiary alicyclic amines) is 1. The van der Waals surface area contributed by atoms with Crippen molar-refractivity contribution in [2.24, 2.45) is 0 Å². The highest BCUT2D eigenvalue weighted by Crippen LogP contribution is 2.40. The molecule has 2 aromatic rings. The number of hydrogen-bond donors (Lipinski definition) is 0. The molecule has 6 heteroatoms. The highest BCUT2D eigenvalue weighted by molar-refractivity contribution is 6.01. The second kappa shape index (κ2) is 8.22. The van der Waals surface area contributed by atoms with E-state index in [4.69, 9.17) is 14.2 Å². The molecule has 0 bridgehead atoms. The second-order valence-corrected chi connectivity index (χ2v) is 7.59. The first-order chi connectivity index (χ1) is 14.5. The summed E-state index contributed by atoms with van der Waals surface area (Å²) in [5.41, 5.74) is 0.814. The van der Waals surface area contributed by atoms with Gasteiger partial charge in [-0.2, -0.15) is 0 Å². The van der Waals surface area contributed by atoms with Crippen molar-refractivity contribution < 1.29 is 23.8 Å². The summed E-state index contributed by atoms with van der Waals surface area (Å²) in [4.78, 5) is 27.1. The molecule has 1 saturated heterocycles. The van der Waals surface area contributed by atoms with Crippen molar-refractivity contribution in [2.75, 3.05) is 26.8 Å². The zero-order valence-electron chi connectivity index (χ0n) is 17.2. The van der Waals surface area contributed by atoms with Gasteiger partial charge in [0.2, 0.25) is 5.91 Å². The van der Waals surface area contributed by atoms with E-state index in [-0.39, 0.29) is 18.1 Å². The molecule has 4 rings (SSSR count).